The molecule has 3 rings (SSSR count). The van der Waals surface area contributed by atoms with Crippen LogP contribution in [0.1, 0.15) is 32.3 Å². The first kappa shape index (κ1) is 17.4. The van der Waals surface area contributed by atoms with Crippen LogP contribution in [0.4, 0.5) is 11.4 Å². The Morgan fingerprint density at radius 2 is 1.88 bits per heavy atom. The number of nitro groups is 1. The Labute approximate surface area is 146 Å². The second kappa shape index (κ2) is 6.82. The van der Waals surface area contributed by atoms with Gasteiger partial charge in [-0.3, -0.25) is 19.7 Å². The lowest BCUT2D eigenvalue weighted by Gasteiger charge is -2.34. The van der Waals surface area contributed by atoms with E-state index in [9.17, 15) is 19.7 Å². The van der Waals surface area contributed by atoms with Crippen LogP contribution >= 0.6 is 0 Å². The third kappa shape index (κ3) is 3.36. The summed E-state index contributed by atoms with van der Waals surface area (Å²) < 4.78 is 0. The molecule has 134 valence electrons. The van der Waals surface area contributed by atoms with Crippen LogP contribution in [0.25, 0.3) is 0 Å². The molecule has 0 spiro atoms. The van der Waals surface area contributed by atoms with Gasteiger partial charge in [-0.15, -0.1) is 0 Å². The molecule has 2 amide bonds. The van der Waals surface area contributed by atoms with Crippen molar-refractivity contribution in [2.45, 2.75) is 33.1 Å². The maximum Gasteiger partial charge on any atom is 0.271 e. The largest absolute Gasteiger partial charge is 0.342 e. The number of non-ortho nitro benzene ring substituents is 1. The van der Waals surface area contributed by atoms with Gasteiger partial charge >= 0.3 is 0 Å². The van der Waals surface area contributed by atoms with Crippen molar-refractivity contribution in [2.24, 2.45) is 11.8 Å². The van der Waals surface area contributed by atoms with E-state index in [0.717, 1.165) is 12.0 Å². The highest BCUT2D eigenvalue weighted by Crippen LogP contribution is 2.34. The number of amides is 2. The highest BCUT2D eigenvalue weighted by Gasteiger charge is 2.34. The number of hydrogen-bond donors (Lipinski definition) is 0. The zero-order chi connectivity index (χ0) is 18.1. The highest BCUT2D eigenvalue weighted by molar-refractivity contribution is 5.97. The number of benzene rings is 1. The third-order valence-electron chi connectivity index (χ3n) is 5.09. The lowest BCUT2D eigenvalue weighted by Crippen LogP contribution is -2.45. The summed E-state index contributed by atoms with van der Waals surface area (Å²) in [6, 6.07) is 4.73. The van der Waals surface area contributed by atoms with Crippen LogP contribution in [-0.4, -0.2) is 41.3 Å². The Morgan fingerprint density at radius 1 is 1.20 bits per heavy atom. The molecule has 0 unspecified atom stereocenters. The van der Waals surface area contributed by atoms with Crippen molar-refractivity contribution in [3.63, 3.8) is 0 Å². The minimum absolute atomic E-state index is 0.01000. The van der Waals surface area contributed by atoms with Crippen molar-refractivity contribution in [1.29, 1.82) is 0 Å². The molecular weight excluding hydrogens is 322 g/mol. The summed E-state index contributed by atoms with van der Waals surface area (Å²) >= 11 is 0. The van der Waals surface area contributed by atoms with Gasteiger partial charge in [0.2, 0.25) is 11.8 Å². The summed E-state index contributed by atoms with van der Waals surface area (Å²) in [5.74, 6) is 0.00335. The van der Waals surface area contributed by atoms with E-state index in [-0.39, 0.29) is 29.3 Å². The lowest BCUT2D eigenvalue weighted by atomic mass is 9.94. The molecule has 7 nitrogen and oxygen atoms in total. The SMILES string of the molecule is CC(C)C(=O)N1CCC(C(=O)N2CCc3ccc([N+](=O)[O-])cc32)CC1. The molecule has 0 saturated carbocycles. The molecule has 1 aromatic rings. The number of nitro benzene ring substituents is 1. The standard InChI is InChI=1S/C18H23N3O4/c1-12(2)17(22)19-8-5-14(6-9-19)18(23)20-10-7-13-3-4-15(21(24)25)11-16(13)20/h3-4,11-12,14H,5-10H2,1-2H3. The molecule has 0 aliphatic carbocycles. The number of carbonyl (C=O) groups excluding carboxylic acids is 2. The van der Waals surface area contributed by atoms with Gasteiger partial charge in [-0.05, 0) is 24.8 Å². The maximum atomic E-state index is 12.9. The number of likely N-dealkylation sites (tertiary alicyclic amines) is 1. The normalized spacial score (nSPS) is 17.7. The molecule has 0 N–H and O–H groups in total. The molecule has 1 fully saturated rings. The van der Waals surface area contributed by atoms with Gasteiger partial charge in [0.05, 0.1) is 10.6 Å². The van der Waals surface area contributed by atoms with Crippen LogP contribution in [0.3, 0.4) is 0 Å². The van der Waals surface area contributed by atoms with Crippen molar-refractivity contribution in [3.8, 4) is 0 Å². The van der Waals surface area contributed by atoms with Crippen molar-refractivity contribution in [2.75, 3.05) is 24.5 Å². The number of nitrogens with zero attached hydrogens (tertiary/aromatic N) is 3. The quantitative estimate of drug-likeness (QED) is 0.622. The van der Waals surface area contributed by atoms with Crippen LogP contribution in [0, 0.1) is 22.0 Å². The predicted octanol–water partition coefficient (Wildman–Crippen LogP) is 2.38. The minimum Gasteiger partial charge on any atom is -0.342 e. The Bertz CT molecular complexity index is 708. The topological polar surface area (TPSA) is 83.8 Å². The van der Waals surface area contributed by atoms with E-state index < -0.39 is 4.92 Å². The molecule has 0 aromatic heterocycles. The Morgan fingerprint density at radius 3 is 2.48 bits per heavy atom. The molecule has 0 bridgehead atoms. The molecule has 2 heterocycles. The molecule has 0 radical (unpaired) electrons. The van der Waals surface area contributed by atoms with Gasteiger partial charge in [-0.2, -0.15) is 0 Å². The summed E-state index contributed by atoms with van der Waals surface area (Å²) in [4.78, 5) is 39.1. The van der Waals surface area contributed by atoms with Crippen molar-refractivity contribution >= 4 is 23.2 Å². The molecular formula is C18H23N3O4. The number of hydrogen-bond acceptors (Lipinski definition) is 4. The molecule has 2 aliphatic heterocycles. The Balaban J connectivity index is 1.69. The van der Waals surface area contributed by atoms with Gasteiger partial charge in [0.1, 0.15) is 0 Å². The summed E-state index contributed by atoms with van der Waals surface area (Å²) in [7, 11) is 0. The second-order valence-electron chi connectivity index (χ2n) is 7.06. The molecule has 0 atom stereocenters. The van der Waals surface area contributed by atoms with Crippen molar-refractivity contribution < 1.29 is 14.5 Å². The zero-order valence-electron chi connectivity index (χ0n) is 14.6. The van der Waals surface area contributed by atoms with Crippen LogP contribution in [-0.2, 0) is 16.0 Å². The molecule has 1 aromatic carbocycles. The van der Waals surface area contributed by atoms with Crippen LogP contribution < -0.4 is 4.90 Å². The van der Waals surface area contributed by atoms with E-state index in [1.165, 1.54) is 12.1 Å². The predicted molar refractivity (Wildman–Crippen MR) is 93.3 cm³/mol. The van der Waals surface area contributed by atoms with Gasteiger partial charge in [0, 0.05) is 43.6 Å². The molecule has 25 heavy (non-hydrogen) atoms. The number of fused-ring (bicyclic) bond motifs is 1. The fourth-order valence-electron chi connectivity index (χ4n) is 3.64. The lowest BCUT2D eigenvalue weighted by molar-refractivity contribution is -0.384. The number of anilines is 1. The van der Waals surface area contributed by atoms with E-state index in [0.29, 0.717) is 38.2 Å². The Kier molecular flexibility index (Phi) is 4.74. The summed E-state index contributed by atoms with van der Waals surface area (Å²) in [5.41, 5.74) is 1.65. The Hall–Kier alpha value is -2.44. The van der Waals surface area contributed by atoms with E-state index >= 15 is 0 Å². The van der Waals surface area contributed by atoms with Gasteiger partial charge in [0.25, 0.3) is 5.69 Å². The van der Waals surface area contributed by atoms with Crippen LogP contribution in [0.15, 0.2) is 18.2 Å². The summed E-state index contributed by atoms with van der Waals surface area (Å²) in [6.07, 6.45) is 2.03. The second-order valence-corrected chi connectivity index (χ2v) is 7.06. The number of piperidine rings is 1. The smallest absolute Gasteiger partial charge is 0.271 e. The molecule has 2 aliphatic rings. The average Bonchev–Trinajstić information content (AvgIpc) is 3.03. The van der Waals surface area contributed by atoms with E-state index in [4.69, 9.17) is 0 Å². The van der Waals surface area contributed by atoms with Crippen LogP contribution in [0.5, 0.6) is 0 Å². The summed E-state index contributed by atoms with van der Waals surface area (Å²) in [5, 5.41) is 11.0. The highest BCUT2D eigenvalue weighted by atomic mass is 16.6. The van der Waals surface area contributed by atoms with Gasteiger partial charge in [0.15, 0.2) is 0 Å². The van der Waals surface area contributed by atoms with E-state index in [1.54, 1.807) is 11.0 Å². The third-order valence-corrected chi connectivity index (χ3v) is 5.09. The first-order valence-electron chi connectivity index (χ1n) is 8.76. The number of rotatable bonds is 3. The number of carbonyl (C=O) groups is 2. The monoisotopic (exact) mass is 345 g/mol. The zero-order valence-corrected chi connectivity index (χ0v) is 14.6. The van der Waals surface area contributed by atoms with Gasteiger partial charge in [-0.1, -0.05) is 19.9 Å². The molecule has 1 saturated heterocycles. The first-order valence-corrected chi connectivity index (χ1v) is 8.76. The maximum absolute atomic E-state index is 12.9. The summed E-state index contributed by atoms with van der Waals surface area (Å²) in [6.45, 7) is 5.54. The van der Waals surface area contributed by atoms with Crippen molar-refractivity contribution in [1.82, 2.24) is 4.90 Å². The average molecular weight is 345 g/mol. The molecule has 7 heteroatoms. The fourth-order valence-corrected chi connectivity index (χ4v) is 3.64. The van der Waals surface area contributed by atoms with Gasteiger partial charge in [-0.25, -0.2) is 0 Å². The van der Waals surface area contributed by atoms with Crippen molar-refractivity contribution in [3.05, 3.63) is 33.9 Å². The first-order chi connectivity index (χ1) is 11.9. The van der Waals surface area contributed by atoms with E-state index in [2.05, 4.69) is 0 Å². The van der Waals surface area contributed by atoms with Gasteiger partial charge < -0.3 is 9.80 Å². The van der Waals surface area contributed by atoms with Crippen LogP contribution in [0.2, 0.25) is 0 Å². The van der Waals surface area contributed by atoms with E-state index in [1.807, 2.05) is 18.7 Å². The minimum atomic E-state index is -0.433. The fraction of sp³-hybridized carbons (Fsp3) is 0.556.